The third-order valence-corrected chi connectivity index (χ3v) is 11.5. The maximum atomic E-state index is 13.7. The van der Waals surface area contributed by atoms with Crippen LogP contribution in [0.5, 0.6) is 0 Å². The summed E-state index contributed by atoms with van der Waals surface area (Å²) in [7, 11) is 1.70. The second-order valence-electron chi connectivity index (χ2n) is 13.4. The van der Waals surface area contributed by atoms with Crippen molar-refractivity contribution in [3.05, 3.63) is 23.8 Å². The number of benzene rings is 1. The molecular weight excluding hydrogens is 450 g/mol. The highest BCUT2D eigenvalue weighted by atomic mass is 16.5. The third kappa shape index (κ3) is 3.77. The van der Waals surface area contributed by atoms with Gasteiger partial charge in [0.2, 0.25) is 0 Å². The van der Waals surface area contributed by atoms with Crippen molar-refractivity contribution in [1.29, 1.82) is 0 Å². The maximum Gasteiger partial charge on any atom is 0.159 e. The van der Waals surface area contributed by atoms with Crippen LogP contribution in [-0.4, -0.2) is 45.2 Å². The van der Waals surface area contributed by atoms with Gasteiger partial charge < -0.3 is 9.84 Å². The van der Waals surface area contributed by atoms with E-state index in [1.54, 1.807) is 11.9 Å². The molecule has 0 bridgehead atoms. The first-order valence-electron chi connectivity index (χ1n) is 14.2. The van der Waals surface area contributed by atoms with E-state index in [1.165, 1.54) is 25.7 Å². The first-order chi connectivity index (χ1) is 17.1. The van der Waals surface area contributed by atoms with Crippen LogP contribution in [0, 0.1) is 47.3 Å². The number of hydrogen-bond acceptors (Lipinski definition) is 5. The second kappa shape index (κ2) is 8.62. The zero-order chi connectivity index (χ0) is 25.3. The van der Waals surface area contributed by atoms with Gasteiger partial charge >= 0.3 is 0 Å². The number of carbonyl (C=O) groups is 1. The highest BCUT2D eigenvalue weighted by Gasteiger charge is 2.62. The number of rotatable bonds is 5. The molecule has 1 N–H and O–H groups in total. The molecule has 1 heterocycles. The molecule has 4 saturated carbocycles. The number of ketones is 1. The van der Waals surface area contributed by atoms with Crippen molar-refractivity contribution in [2.45, 2.75) is 90.7 Å². The topological polar surface area (TPSA) is 77.2 Å². The highest BCUT2D eigenvalue weighted by molar-refractivity contribution is 5.82. The minimum Gasteiger partial charge on any atom is -0.387 e. The fourth-order valence-corrected chi connectivity index (χ4v) is 9.64. The van der Waals surface area contributed by atoms with Gasteiger partial charge in [0.05, 0.1) is 12.2 Å². The molecule has 0 aliphatic heterocycles. The van der Waals surface area contributed by atoms with E-state index in [9.17, 15) is 9.90 Å². The standard InChI is InChI=1S/C30H43N3O3/c1-19-5-10-25-26(15-19)32-33(31-25)17-27(34)24-9-8-22-21-7-6-20-16-30(35,18-36-4)14-13-28(20,2)23(21)11-12-29(22,24)3/h5,10,15,20-24,35H,6-9,11-14,16-18H2,1-4H3/t20-,21-,22-,23-,24+,28-,29-,30+/m0/s1. The molecule has 2 aromatic rings. The van der Waals surface area contributed by atoms with E-state index in [0.717, 1.165) is 54.6 Å². The number of aromatic nitrogens is 3. The van der Waals surface area contributed by atoms with Crippen molar-refractivity contribution in [2.75, 3.05) is 13.7 Å². The number of aliphatic hydroxyl groups is 1. The van der Waals surface area contributed by atoms with E-state index >= 15 is 0 Å². The average molecular weight is 494 g/mol. The average Bonchev–Trinajstić information content (AvgIpc) is 3.39. The van der Waals surface area contributed by atoms with Crippen LogP contribution in [-0.2, 0) is 16.1 Å². The Balaban J connectivity index is 1.18. The summed E-state index contributed by atoms with van der Waals surface area (Å²) in [5.41, 5.74) is 2.64. The van der Waals surface area contributed by atoms with Crippen LogP contribution >= 0.6 is 0 Å². The summed E-state index contributed by atoms with van der Waals surface area (Å²) in [5.74, 6) is 3.08. The molecule has 0 radical (unpaired) electrons. The lowest BCUT2D eigenvalue weighted by Crippen LogP contribution is -2.57. The molecule has 4 aliphatic carbocycles. The Bertz CT molecular complexity index is 1160. The quantitative estimate of drug-likeness (QED) is 0.608. The molecular formula is C30H43N3O3. The summed E-state index contributed by atoms with van der Waals surface area (Å²) in [5, 5.41) is 20.3. The summed E-state index contributed by atoms with van der Waals surface area (Å²) in [6, 6.07) is 6.07. The van der Waals surface area contributed by atoms with Crippen LogP contribution in [0.25, 0.3) is 11.0 Å². The van der Waals surface area contributed by atoms with Crippen molar-refractivity contribution < 1.29 is 14.6 Å². The molecule has 4 aliphatic rings. The molecule has 0 spiro atoms. The van der Waals surface area contributed by atoms with Crippen LogP contribution in [0.15, 0.2) is 18.2 Å². The Morgan fingerprint density at radius 1 is 1.03 bits per heavy atom. The number of nitrogens with zero attached hydrogens (tertiary/aromatic N) is 3. The minimum absolute atomic E-state index is 0.0933. The molecule has 6 nitrogen and oxygen atoms in total. The molecule has 0 saturated heterocycles. The van der Waals surface area contributed by atoms with E-state index in [2.05, 4.69) is 31.0 Å². The van der Waals surface area contributed by atoms with Gasteiger partial charge in [0.1, 0.15) is 17.6 Å². The Labute approximate surface area is 215 Å². The van der Waals surface area contributed by atoms with Gasteiger partial charge in [-0.15, -0.1) is 0 Å². The van der Waals surface area contributed by atoms with E-state index in [0.29, 0.717) is 35.6 Å². The summed E-state index contributed by atoms with van der Waals surface area (Å²) < 4.78 is 5.38. The SMILES string of the molecule is COC[C@@]1(O)CC[C@@]2(C)[C@@H](CC[C@@H]3[C@@H]2CC[C@]2(C)[C@@H](C(=O)Cn4nc5ccc(C)cc5n4)CC[C@@H]32)C1. The van der Waals surface area contributed by atoms with Crippen molar-refractivity contribution in [1.82, 2.24) is 15.0 Å². The van der Waals surface area contributed by atoms with Crippen LogP contribution in [0.3, 0.4) is 0 Å². The number of ether oxygens (including phenoxy) is 1. The summed E-state index contributed by atoms with van der Waals surface area (Å²) in [4.78, 5) is 15.3. The number of hydrogen-bond donors (Lipinski definition) is 1. The zero-order valence-corrected chi connectivity index (χ0v) is 22.5. The van der Waals surface area contributed by atoms with Gasteiger partial charge in [-0.2, -0.15) is 15.0 Å². The smallest absolute Gasteiger partial charge is 0.159 e. The van der Waals surface area contributed by atoms with Gasteiger partial charge in [-0.1, -0.05) is 19.9 Å². The predicted octanol–water partition coefficient (Wildman–Crippen LogP) is 5.35. The van der Waals surface area contributed by atoms with Crippen molar-refractivity contribution in [2.24, 2.45) is 40.4 Å². The predicted molar refractivity (Wildman–Crippen MR) is 139 cm³/mol. The summed E-state index contributed by atoms with van der Waals surface area (Å²) in [6.45, 7) is 7.74. The van der Waals surface area contributed by atoms with Crippen LogP contribution < -0.4 is 0 Å². The molecule has 8 atom stereocenters. The Kier molecular flexibility index (Phi) is 5.88. The Hall–Kier alpha value is -1.79. The number of Topliss-reactive ketones (excluding diaryl/α,β-unsaturated/α-hetero) is 1. The fourth-order valence-electron chi connectivity index (χ4n) is 9.64. The maximum absolute atomic E-state index is 13.7. The third-order valence-electron chi connectivity index (χ3n) is 11.5. The number of aryl methyl sites for hydroxylation is 1. The normalized spacial score (nSPS) is 42.1. The fraction of sp³-hybridized carbons (Fsp3) is 0.767. The number of carbonyl (C=O) groups excluding carboxylic acids is 1. The van der Waals surface area contributed by atoms with Crippen LogP contribution in [0.1, 0.15) is 77.2 Å². The van der Waals surface area contributed by atoms with Crippen molar-refractivity contribution >= 4 is 16.8 Å². The number of fused-ring (bicyclic) bond motifs is 6. The van der Waals surface area contributed by atoms with E-state index in [-0.39, 0.29) is 17.9 Å². The summed E-state index contributed by atoms with van der Waals surface area (Å²) >= 11 is 0. The lowest BCUT2D eigenvalue weighted by molar-refractivity contribution is -0.164. The molecule has 4 fully saturated rings. The first-order valence-corrected chi connectivity index (χ1v) is 14.2. The molecule has 1 aromatic heterocycles. The monoisotopic (exact) mass is 493 g/mol. The number of methoxy groups -OCH3 is 1. The van der Waals surface area contributed by atoms with Gasteiger partial charge in [0.25, 0.3) is 0 Å². The largest absolute Gasteiger partial charge is 0.387 e. The van der Waals surface area contributed by atoms with Gasteiger partial charge in [-0.3, -0.25) is 4.79 Å². The van der Waals surface area contributed by atoms with Gasteiger partial charge in [-0.05, 0) is 117 Å². The van der Waals surface area contributed by atoms with Crippen LogP contribution in [0.4, 0.5) is 0 Å². The highest BCUT2D eigenvalue weighted by Crippen LogP contribution is 2.68. The minimum atomic E-state index is -0.649. The Morgan fingerprint density at radius 3 is 2.61 bits per heavy atom. The van der Waals surface area contributed by atoms with E-state index < -0.39 is 5.60 Å². The molecule has 36 heavy (non-hydrogen) atoms. The van der Waals surface area contributed by atoms with Gasteiger partial charge in [0.15, 0.2) is 5.78 Å². The van der Waals surface area contributed by atoms with E-state index in [4.69, 9.17) is 4.74 Å². The lowest BCUT2D eigenvalue weighted by Gasteiger charge is -2.62. The lowest BCUT2D eigenvalue weighted by atomic mass is 9.44. The van der Waals surface area contributed by atoms with Crippen molar-refractivity contribution in [3.8, 4) is 0 Å². The molecule has 0 unspecified atom stereocenters. The molecule has 6 heteroatoms. The second-order valence-corrected chi connectivity index (χ2v) is 13.4. The molecule has 196 valence electrons. The van der Waals surface area contributed by atoms with Gasteiger partial charge in [0, 0.05) is 13.0 Å². The molecule has 6 rings (SSSR count). The van der Waals surface area contributed by atoms with Crippen LogP contribution in [0.2, 0.25) is 0 Å². The zero-order valence-electron chi connectivity index (χ0n) is 22.5. The van der Waals surface area contributed by atoms with Crippen molar-refractivity contribution in [3.63, 3.8) is 0 Å². The molecule has 0 amide bonds. The first kappa shape index (κ1) is 24.5. The Morgan fingerprint density at radius 2 is 1.81 bits per heavy atom. The molecule has 1 aromatic carbocycles. The summed E-state index contributed by atoms with van der Waals surface area (Å²) in [6.07, 6.45) is 9.85. The van der Waals surface area contributed by atoms with E-state index in [1.807, 2.05) is 18.2 Å². The van der Waals surface area contributed by atoms with Gasteiger partial charge in [-0.25, -0.2) is 0 Å².